The van der Waals surface area contributed by atoms with E-state index in [9.17, 15) is 9.59 Å². The summed E-state index contributed by atoms with van der Waals surface area (Å²) in [5.41, 5.74) is 2.52. The lowest BCUT2D eigenvalue weighted by molar-refractivity contribution is -0.0439. The van der Waals surface area contributed by atoms with Crippen LogP contribution < -0.4 is 19.5 Å². The Hall–Kier alpha value is -5.32. The van der Waals surface area contributed by atoms with E-state index in [4.69, 9.17) is 18.9 Å². The Labute approximate surface area is 367 Å². The number of amides is 2. The predicted octanol–water partition coefficient (Wildman–Crippen LogP) is 10.3. The van der Waals surface area contributed by atoms with Crippen molar-refractivity contribution >= 4 is 33.5 Å². The number of methoxy groups -OCH3 is 1. The Morgan fingerprint density at radius 3 is 2.08 bits per heavy atom. The zero-order valence-electron chi connectivity index (χ0n) is 37.5. The van der Waals surface area contributed by atoms with E-state index in [1.54, 1.807) is 19.2 Å². The Morgan fingerprint density at radius 1 is 0.774 bits per heavy atom. The van der Waals surface area contributed by atoms with Crippen LogP contribution in [0.25, 0.3) is 21.5 Å². The van der Waals surface area contributed by atoms with Gasteiger partial charge in [-0.1, -0.05) is 79.2 Å². The molecule has 2 amide bonds. The van der Waals surface area contributed by atoms with Gasteiger partial charge in [0.05, 0.1) is 7.11 Å². The van der Waals surface area contributed by atoms with Gasteiger partial charge in [0, 0.05) is 70.3 Å². The molecule has 62 heavy (non-hydrogen) atoms. The molecule has 1 aliphatic carbocycles. The molecule has 3 fully saturated rings. The normalized spacial score (nSPS) is 19.5. The van der Waals surface area contributed by atoms with E-state index in [0.29, 0.717) is 48.0 Å². The van der Waals surface area contributed by atoms with E-state index in [1.165, 1.54) is 52.8 Å². The molecule has 0 spiro atoms. The molecule has 4 aliphatic rings. The average molecular weight is 841 g/mol. The fourth-order valence-corrected chi connectivity index (χ4v) is 9.37. The second kappa shape index (κ2) is 18.6. The maximum atomic E-state index is 14.1. The molecule has 0 aromatic heterocycles. The minimum Gasteiger partial charge on any atom is -0.493 e. The summed E-state index contributed by atoms with van der Waals surface area (Å²) in [5.74, 6) is 0.819. The van der Waals surface area contributed by atoms with E-state index >= 15 is 0 Å². The van der Waals surface area contributed by atoms with E-state index in [2.05, 4.69) is 95.1 Å². The third kappa shape index (κ3) is 10.3. The second-order valence-corrected chi connectivity index (χ2v) is 18.9. The molecule has 2 saturated heterocycles. The summed E-state index contributed by atoms with van der Waals surface area (Å²) in [6.45, 7) is 14.2. The lowest BCUT2D eigenvalue weighted by atomic mass is 9.91. The quantitative estimate of drug-likeness (QED) is 0.141. The predicted molar refractivity (Wildman–Crippen MR) is 246 cm³/mol. The molecule has 0 unspecified atom stereocenters. The lowest BCUT2D eigenvalue weighted by Crippen LogP contribution is -2.48. The van der Waals surface area contributed by atoms with Crippen molar-refractivity contribution in [2.24, 2.45) is 0 Å². The smallest absolute Gasteiger partial charge is 0.410 e. The van der Waals surface area contributed by atoms with E-state index < -0.39 is 11.4 Å². The Balaban J connectivity index is 0.000000185. The fourth-order valence-electron chi connectivity index (χ4n) is 9.37. The molecule has 5 aromatic carbocycles. The van der Waals surface area contributed by atoms with E-state index in [-0.39, 0.29) is 18.0 Å². The van der Waals surface area contributed by atoms with Crippen LogP contribution in [0.5, 0.6) is 17.2 Å². The van der Waals surface area contributed by atoms with Gasteiger partial charge in [-0.2, -0.15) is 0 Å². The van der Waals surface area contributed by atoms with Gasteiger partial charge in [-0.15, -0.1) is 0 Å². The highest BCUT2D eigenvalue weighted by Gasteiger charge is 2.38. The molecule has 9 rings (SSSR count). The SMILES string of the molecule is CC(C)(C)OC(=O)N1CCC[C@H]1CNCc1ccc2ccccc2c1.COc1cc(C(=O)N(Cc2ccc3ccccc3c2)C[C@@H]2CCCN2C2CCC2)cc2c1OC(C)(C)O2. The molecule has 3 aliphatic heterocycles. The second-order valence-electron chi connectivity index (χ2n) is 18.9. The number of hydrogen-bond acceptors (Lipinski definition) is 8. The van der Waals surface area contributed by atoms with Crippen molar-refractivity contribution in [3.05, 3.63) is 114 Å². The Kier molecular flexibility index (Phi) is 13.0. The molecule has 1 saturated carbocycles. The number of carbonyl (C=O) groups excluding carboxylic acids is 2. The van der Waals surface area contributed by atoms with Crippen molar-refractivity contribution in [3.63, 3.8) is 0 Å². The van der Waals surface area contributed by atoms with Crippen LogP contribution in [-0.4, -0.2) is 89.5 Å². The average Bonchev–Trinajstić information content (AvgIpc) is 3.97. The van der Waals surface area contributed by atoms with E-state index in [1.807, 2.05) is 44.4 Å². The van der Waals surface area contributed by atoms with Gasteiger partial charge < -0.3 is 34.1 Å². The van der Waals surface area contributed by atoms with Crippen LogP contribution in [0.3, 0.4) is 0 Å². The maximum absolute atomic E-state index is 14.1. The Morgan fingerprint density at radius 2 is 1.42 bits per heavy atom. The van der Waals surface area contributed by atoms with Crippen molar-refractivity contribution in [2.45, 2.75) is 122 Å². The number of carbonyl (C=O) groups is 2. The molecule has 10 nitrogen and oxygen atoms in total. The number of benzene rings is 5. The number of nitrogens with zero attached hydrogens (tertiary/aromatic N) is 3. The minimum atomic E-state index is -0.796. The molecule has 0 bridgehead atoms. The summed E-state index contributed by atoms with van der Waals surface area (Å²) < 4.78 is 23.1. The van der Waals surface area contributed by atoms with Gasteiger partial charge in [0.2, 0.25) is 11.5 Å². The first-order valence-corrected chi connectivity index (χ1v) is 22.6. The van der Waals surface area contributed by atoms with Crippen LogP contribution in [0.4, 0.5) is 4.79 Å². The molecule has 3 heterocycles. The summed E-state index contributed by atoms with van der Waals surface area (Å²) in [6.07, 6.45) is 8.10. The molecule has 5 aromatic rings. The number of ether oxygens (including phenoxy) is 4. The summed E-state index contributed by atoms with van der Waals surface area (Å²) in [4.78, 5) is 33.0. The highest BCUT2D eigenvalue weighted by Crippen LogP contribution is 2.47. The van der Waals surface area contributed by atoms with Gasteiger partial charge in [0.15, 0.2) is 11.5 Å². The van der Waals surface area contributed by atoms with Crippen molar-refractivity contribution in [1.82, 2.24) is 20.0 Å². The van der Waals surface area contributed by atoms with Crippen molar-refractivity contribution < 1.29 is 28.5 Å². The van der Waals surface area contributed by atoms with Crippen LogP contribution in [0.15, 0.2) is 97.1 Å². The number of nitrogens with one attached hydrogen (secondary N) is 1. The number of rotatable bonds is 11. The molecule has 10 heteroatoms. The highest BCUT2D eigenvalue weighted by molar-refractivity contribution is 5.96. The molecule has 0 radical (unpaired) electrons. The summed E-state index contributed by atoms with van der Waals surface area (Å²) in [6, 6.07) is 34.7. The van der Waals surface area contributed by atoms with E-state index in [0.717, 1.165) is 51.0 Å². The first kappa shape index (κ1) is 43.3. The zero-order chi connectivity index (χ0) is 43.4. The van der Waals surface area contributed by atoms with Crippen LogP contribution in [0, 0.1) is 0 Å². The van der Waals surface area contributed by atoms with Gasteiger partial charge in [-0.05, 0) is 123 Å². The van der Waals surface area contributed by atoms with Gasteiger partial charge in [-0.25, -0.2) is 4.79 Å². The van der Waals surface area contributed by atoms with Crippen molar-refractivity contribution in [1.29, 1.82) is 0 Å². The monoisotopic (exact) mass is 840 g/mol. The van der Waals surface area contributed by atoms with Crippen LogP contribution in [0.2, 0.25) is 0 Å². The lowest BCUT2D eigenvalue weighted by Gasteiger charge is -2.40. The summed E-state index contributed by atoms with van der Waals surface area (Å²) >= 11 is 0. The zero-order valence-corrected chi connectivity index (χ0v) is 37.5. The first-order chi connectivity index (χ1) is 29.8. The molecular formula is C52H64N4O6. The summed E-state index contributed by atoms with van der Waals surface area (Å²) in [5, 5.41) is 8.43. The molecule has 328 valence electrons. The van der Waals surface area contributed by atoms with Gasteiger partial charge >= 0.3 is 6.09 Å². The number of likely N-dealkylation sites (tertiary alicyclic amines) is 2. The maximum Gasteiger partial charge on any atom is 0.410 e. The van der Waals surface area contributed by atoms with Crippen molar-refractivity contribution in [3.8, 4) is 17.2 Å². The number of fused-ring (bicyclic) bond motifs is 3. The van der Waals surface area contributed by atoms with Crippen molar-refractivity contribution in [2.75, 3.05) is 33.3 Å². The third-order valence-corrected chi connectivity index (χ3v) is 12.6. The van der Waals surface area contributed by atoms with Gasteiger partial charge in [-0.3, -0.25) is 9.69 Å². The van der Waals surface area contributed by atoms with Crippen LogP contribution in [-0.2, 0) is 17.8 Å². The fraction of sp³-hybridized carbons (Fsp3) is 0.462. The van der Waals surface area contributed by atoms with Gasteiger partial charge in [0.25, 0.3) is 5.91 Å². The number of hydrogen-bond donors (Lipinski definition) is 1. The minimum absolute atomic E-state index is 0.0111. The van der Waals surface area contributed by atoms with Crippen LogP contribution in [0.1, 0.15) is 101 Å². The van der Waals surface area contributed by atoms with Gasteiger partial charge in [0.1, 0.15) is 5.60 Å². The molecule has 2 atom stereocenters. The highest BCUT2D eigenvalue weighted by atomic mass is 16.7. The van der Waals surface area contributed by atoms with Crippen LogP contribution >= 0.6 is 0 Å². The Bertz CT molecular complexity index is 2370. The summed E-state index contributed by atoms with van der Waals surface area (Å²) in [7, 11) is 1.60. The topological polar surface area (TPSA) is 92.8 Å². The third-order valence-electron chi connectivity index (χ3n) is 12.6. The molecule has 1 N–H and O–H groups in total. The molecular weight excluding hydrogens is 777 g/mol. The largest absolute Gasteiger partial charge is 0.493 e. The standard InChI is InChI=1S/C31H36N2O4.C21H28N2O2/c1-31(2)36-28-18-24(17-27(35-3)29(28)37-31)30(34)32(20-26-12-7-15-33(26)25-10-6-11-25)19-21-13-14-22-8-4-5-9-23(22)16-21;1-21(2,3)25-20(24)23-12-6-9-19(23)15-22-14-16-10-11-17-7-4-5-8-18(17)13-16/h4-5,8-9,13-14,16-18,25-26H,6-7,10-12,15,19-20H2,1-3H3;4-5,7-8,10-11,13,19,22H,6,9,12,14-15H2,1-3H3/t26-;19-/m00/s1. The first-order valence-electron chi connectivity index (χ1n) is 22.6.